The molecule has 0 aromatic carbocycles. The zero-order valence-corrected chi connectivity index (χ0v) is 11.3. The van der Waals surface area contributed by atoms with E-state index >= 15 is 0 Å². The molecule has 0 spiro atoms. The molecule has 20 heavy (non-hydrogen) atoms. The van der Waals surface area contributed by atoms with Crippen molar-refractivity contribution < 1.29 is 14.3 Å². The maximum Gasteiger partial charge on any atom is 0.350 e. The van der Waals surface area contributed by atoms with Gasteiger partial charge in [-0.15, -0.1) is 11.3 Å². The van der Waals surface area contributed by atoms with E-state index in [0.717, 1.165) is 0 Å². The molecule has 0 aliphatic heterocycles. The molecule has 2 aromatic heterocycles. The van der Waals surface area contributed by atoms with E-state index in [9.17, 15) is 9.59 Å². The van der Waals surface area contributed by atoms with Crippen LogP contribution < -0.4 is 5.32 Å². The number of methoxy groups -OCH3 is 1. The molecule has 2 rings (SSSR count). The van der Waals surface area contributed by atoms with Crippen molar-refractivity contribution in [2.24, 2.45) is 0 Å². The number of hydrogen-bond acceptors (Lipinski definition) is 6. The van der Waals surface area contributed by atoms with Crippen molar-refractivity contribution in [3.63, 3.8) is 0 Å². The van der Waals surface area contributed by atoms with Gasteiger partial charge in [-0.2, -0.15) is 10.4 Å². The van der Waals surface area contributed by atoms with E-state index in [1.165, 1.54) is 35.5 Å². The zero-order chi connectivity index (χ0) is 14.5. The van der Waals surface area contributed by atoms with Gasteiger partial charge in [-0.05, 0) is 11.4 Å². The monoisotopic (exact) mass is 290 g/mol. The van der Waals surface area contributed by atoms with Crippen molar-refractivity contribution in [2.45, 2.75) is 6.54 Å². The highest BCUT2D eigenvalue weighted by atomic mass is 32.1. The van der Waals surface area contributed by atoms with Gasteiger partial charge < -0.3 is 10.1 Å². The number of aromatic nitrogens is 2. The number of amides is 1. The van der Waals surface area contributed by atoms with Crippen LogP contribution in [0.2, 0.25) is 0 Å². The fourth-order valence-electron chi connectivity index (χ4n) is 1.50. The number of anilines is 1. The molecular weight excluding hydrogens is 280 g/mol. The maximum atomic E-state index is 11.8. The molecule has 0 saturated carbocycles. The molecule has 2 aromatic rings. The topological polar surface area (TPSA) is 97.0 Å². The lowest BCUT2D eigenvalue weighted by Gasteiger charge is -2.05. The molecule has 0 aliphatic rings. The third-order valence-corrected chi connectivity index (χ3v) is 3.27. The summed E-state index contributed by atoms with van der Waals surface area (Å²) in [4.78, 5) is 23.6. The largest absolute Gasteiger partial charge is 0.465 e. The van der Waals surface area contributed by atoms with Crippen LogP contribution in [-0.2, 0) is 16.1 Å². The van der Waals surface area contributed by atoms with Gasteiger partial charge in [-0.1, -0.05) is 0 Å². The van der Waals surface area contributed by atoms with Gasteiger partial charge in [0, 0.05) is 6.20 Å². The molecule has 0 atom stereocenters. The molecular formula is C12H10N4O3S. The van der Waals surface area contributed by atoms with Gasteiger partial charge in [0.2, 0.25) is 5.91 Å². The first kappa shape index (κ1) is 13.8. The normalized spacial score (nSPS) is 9.80. The predicted octanol–water partition coefficient (Wildman–Crippen LogP) is 1.24. The van der Waals surface area contributed by atoms with Crippen LogP contribution >= 0.6 is 11.3 Å². The second kappa shape index (κ2) is 5.99. The minimum absolute atomic E-state index is 0.0435. The number of nitriles is 1. The molecule has 0 saturated heterocycles. The first-order valence-corrected chi connectivity index (χ1v) is 6.40. The number of ether oxygens (including phenoxy) is 1. The van der Waals surface area contributed by atoms with Gasteiger partial charge in [0.05, 0.1) is 24.6 Å². The van der Waals surface area contributed by atoms with Gasteiger partial charge in [0.15, 0.2) is 0 Å². The van der Waals surface area contributed by atoms with Gasteiger partial charge in [-0.3, -0.25) is 9.48 Å². The molecule has 0 fully saturated rings. The van der Waals surface area contributed by atoms with Crippen molar-refractivity contribution in [1.29, 1.82) is 5.26 Å². The Morgan fingerprint density at radius 2 is 2.40 bits per heavy atom. The van der Waals surface area contributed by atoms with Crippen LogP contribution in [0, 0.1) is 11.3 Å². The molecule has 102 valence electrons. The smallest absolute Gasteiger partial charge is 0.350 e. The lowest BCUT2D eigenvalue weighted by atomic mass is 10.3. The summed E-state index contributed by atoms with van der Waals surface area (Å²) in [6.07, 6.45) is 2.84. The molecule has 7 nitrogen and oxygen atoms in total. The molecule has 0 unspecified atom stereocenters. The fourth-order valence-corrected chi connectivity index (χ4v) is 2.27. The van der Waals surface area contributed by atoms with Crippen LogP contribution in [-0.4, -0.2) is 28.8 Å². The average molecular weight is 290 g/mol. The summed E-state index contributed by atoms with van der Waals surface area (Å²) in [6.45, 7) is -0.0435. The highest BCUT2D eigenvalue weighted by Gasteiger charge is 2.15. The number of carbonyl (C=O) groups excluding carboxylic acids is 2. The van der Waals surface area contributed by atoms with Crippen LogP contribution in [0.25, 0.3) is 0 Å². The van der Waals surface area contributed by atoms with E-state index in [4.69, 9.17) is 5.26 Å². The summed E-state index contributed by atoms with van der Waals surface area (Å²) in [7, 11) is 1.28. The Hall–Kier alpha value is -2.66. The third kappa shape index (κ3) is 3.02. The lowest BCUT2D eigenvalue weighted by molar-refractivity contribution is -0.116. The number of carbonyl (C=O) groups is 2. The van der Waals surface area contributed by atoms with Gasteiger partial charge in [0.25, 0.3) is 0 Å². The van der Waals surface area contributed by atoms with E-state index in [0.29, 0.717) is 16.1 Å². The molecule has 0 aliphatic carbocycles. The first-order valence-electron chi connectivity index (χ1n) is 5.52. The summed E-state index contributed by atoms with van der Waals surface area (Å²) in [6, 6.07) is 3.55. The molecule has 1 N–H and O–H groups in total. The summed E-state index contributed by atoms with van der Waals surface area (Å²) in [5.41, 5.74) is 0.781. The minimum Gasteiger partial charge on any atom is -0.465 e. The molecule has 0 bridgehead atoms. The number of thiophene rings is 1. The van der Waals surface area contributed by atoms with Crippen LogP contribution in [0.1, 0.15) is 15.2 Å². The zero-order valence-electron chi connectivity index (χ0n) is 10.5. The van der Waals surface area contributed by atoms with Crippen molar-refractivity contribution in [1.82, 2.24) is 9.78 Å². The lowest BCUT2D eigenvalue weighted by Crippen LogP contribution is -2.20. The quantitative estimate of drug-likeness (QED) is 0.854. The Bertz CT molecular complexity index is 683. The minimum atomic E-state index is -0.499. The Labute approximate surface area is 118 Å². The summed E-state index contributed by atoms with van der Waals surface area (Å²) in [5, 5.41) is 16.8. The summed E-state index contributed by atoms with van der Waals surface area (Å²) < 4.78 is 5.96. The van der Waals surface area contributed by atoms with Crippen LogP contribution in [0.4, 0.5) is 5.69 Å². The van der Waals surface area contributed by atoms with Crippen LogP contribution in [0.15, 0.2) is 23.8 Å². The number of nitrogens with zero attached hydrogens (tertiary/aromatic N) is 3. The van der Waals surface area contributed by atoms with Crippen molar-refractivity contribution in [2.75, 3.05) is 12.4 Å². The third-order valence-electron chi connectivity index (χ3n) is 2.38. The number of hydrogen-bond donors (Lipinski definition) is 1. The van der Waals surface area contributed by atoms with E-state index < -0.39 is 5.97 Å². The van der Waals surface area contributed by atoms with Crippen LogP contribution in [0.3, 0.4) is 0 Å². The van der Waals surface area contributed by atoms with Crippen molar-refractivity contribution >= 4 is 28.9 Å². The van der Waals surface area contributed by atoms with Gasteiger partial charge in [0.1, 0.15) is 17.5 Å². The van der Waals surface area contributed by atoms with Crippen molar-refractivity contribution in [3.05, 3.63) is 34.3 Å². The first-order chi connectivity index (χ1) is 9.63. The molecule has 2 heterocycles. The van der Waals surface area contributed by atoms with E-state index in [2.05, 4.69) is 15.2 Å². The Kier molecular flexibility index (Phi) is 4.12. The maximum absolute atomic E-state index is 11.8. The molecule has 1 amide bonds. The van der Waals surface area contributed by atoms with E-state index in [1.807, 2.05) is 6.07 Å². The Morgan fingerprint density at radius 3 is 3.05 bits per heavy atom. The van der Waals surface area contributed by atoms with E-state index in [-0.39, 0.29) is 12.5 Å². The Balaban J connectivity index is 2.03. The second-order valence-electron chi connectivity index (χ2n) is 3.74. The SMILES string of the molecule is COC(=O)c1sccc1NC(=O)Cn1cc(C#N)cn1. The fraction of sp³-hybridized carbons (Fsp3) is 0.167. The van der Waals surface area contributed by atoms with Crippen molar-refractivity contribution in [3.8, 4) is 6.07 Å². The second-order valence-corrected chi connectivity index (χ2v) is 4.66. The van der Waals surface area contributed by atoms with Gasteiger partial charge in [-0.25, -0.2) is 4.79 Å². The Morgan fingerprint density at radius 1 is 1.60 bits per heavy atom. The van der Waals surface area contributed by atoms with Crippen LogP contribution in [0.5, 0.6) is 0 Å². The predicted molar refractivity (Wildman–Crippen MR) is 71.2 cm³/mol. The van der Waals surface area contributed by atoms with Gasteiger partial charge >= 0.3 is 5.97 Å². The highest BCUT2D eigenvalue weighted by Crippen LogP contribution is 2.23. The van der Waals surface area contributed by atoms with E-state index in [1.54, 1.807) is 11.4 Å². The summed E-state index contributed by atoms with van der Waals surface area (Å²) >= 11 is 1.18. The number of esters is 1. The highest BCUT2D eigenvalue weighted by molar-refractivity contribution is 7.12. The number of nitrogens with one attached hydrogen (secondary N) is 1. The average Bonchev–Trinajstić information content (AvgIpc) is 3.07. The standard InChI is InChI=1S/C12H10N4O3S/c1-19-12(18)11-9(2-3-20-11)15-10(17)7-16-6-8(4-13)5-14-16/h2-3,5-6H,7H2,1H3,(H,15,17). The molecule has 8 heteroatoms. The number of rotatable bonds is 4. The summed E-state index contributed by atoms with van der Waals surface area (Å²) in [5.74, 6) is -0.845. The molecule has 0 radical (unpaired) electrons.